The van der Waals surface area contributed by atoms with Gasteiger partial charge in [0.2, 0.25) is 5.91 Å². The van der Waals surface area contributed by atoms with Gasteiger partial charge in [-0.1, -0.05) is 39.3 Å². The molecule has 11 rings (SSSR count). The third-order valence-electron chi connectivity index (χ3n) is 17.1. The van der Waals surface area contributed by atoms with Crippen molar-refractivity contribution in [2.45, 2.75) is 130 Å². The Morgan fingerprint density at radius 2 is 1.70 bits per heavy atom. The summed E-state index contributed by atoms with van der Waals surface area (Å²) < 4.78 is 40.1. The largest absolute Gasteiger partial charge is 0.489 e. The Hall–Kier alpha value is -6.01. The van der Waals surface area contributed by atoms with Crippen molar-refractivity contribution < 1.29 is 23.1 Å². The van der Waals surface area contributed by atoms with E-state index in [0.717, 1.165) is 98.6 Å². The van der Waals surface area contributed by atoms with E-state index in [1.54, 1.807) is 55.3 Å². The summed E-state index contributed by atoms with van der Waals surface area (Å²) in [5, 5.41) is 19.4. The number of hydrogen-bond acceptors (Lipinski definition) is 9. The lowest BCUT2D eigenvalue weighted by molar-refractivity contribution is -0.199. The Kier molecular flexibility index (Phi) is 11.3. The minimum atomic E-state index is -2.66. The number of alkyl halides is 2. The highest BCUT2D eigenvalue weighted by molar-refractivity contribution is 6.31. The van der Waals surface area contributed by atoms with Gasteiger partial charge in [-0.2, -0.15) is 15.5 Å². The van der Waals surface area contributed by atoms with Gasteiger partial charge in [0.05, 0.1) is 47.2 Å². The SMILES string of the molecule is CC(=O)N1CCc2c(c(N3CCCc4cc(-c5cnn(C)c5)c(C(F)F)cc43)nn2C2CCC3(CC2)CCN(c2ccc4c(n2)CN(C2C(C)(C)C(Oc5ccc(C#N)c(Cl)c5)C2(C)C)C4=O)CC3)C1. The first-order valence-electron chi connectivity index (χ1n) is 25.0. The third kappa shape index (κ3) is 7.62. The van der Waals surface area contributed by atoms with Crippen LogP contribution in [-0.2, 0) is 37.8 Å². The smallest absolute Gasteiger partial charge is 0.264 e. The lowest BCUT2D eigenvalue weighted by Gasteiger charge is -2.65. The Labute approximate surface area is 413 Å². The van der Waals surface area contributed by atoms with Crippen LogP contribution in [0.4, 0.5) is 26.1 Å². The molecule has 2 aromatic carbocycles. The highest BCUT2D eigenvalue weighted by Gasteiger charge is 2.67. The van der Waals surface area contributed by atoms with E-state index in [1.165, 1.54) is 5.69 Å². The van der Waals surface area contributed by atoms with Crippen molar-refractivity contribution >= 4 is 40.7 Å². The molecule has 2 amide bonds. The van der Waals surface area contributed by atoms with E-state index >= 15 is 0 Å². The van der Waals surface area contributed by atoms with Crippen molar-refractivity contribution in [1.82, 2.24) is 34.3 Å². The predicted molar refractivity (Wildman–Crippen MR) is 263 cm³/mol. The summed E-state index contributed by atoms with van der Waals surface area (Å²) in [5.41, 5.74) is 6.56. The molecule has 13 nitrogen and oxygen atoms in total. The third-order valence-corrected chi connectivity index (χ3v) is 17.4. The van der Waals surface area contributed by atoms with Crippen molar-refractivity contribution in [3.8, 4) is 22.9 Å². The molecule has 1 spiro atoms. The zero-order valence-corrected chi connectivity index (χ0v) is 41.7. The first kappa shape index (κ1) is 46.4. The summed E-state index contributed by atoms with van der Waals surface area (Å²) >= 11 is 6.34. The molecule has 6 aliphatic rings. The van der Waals surface area contributed by atoms with Crippen LogP contribution < -0.4 is 14.5 Å². The number of hydrogen-bond donors (Lipinski definition) is 0. The van der Waals surface area contributed by atoms with Crippen LogP contribution in [0.2, 0.25) is 5.02 Å². The average Bonchev–Trinajstić information content (AvgIpc) is 4.04. The van der Waals surface area contributed by atoms with E-state index in [2.05, 4.69) is 53.3 Å². The summed E-state index contributed by atoms with van der Waals surface area (Å²) in [7, 11) is 1.79. The minimum Gasteiger partial charge on any atom is -0.489 e. The molecule has 70 heavy (non-hydrogen) atoms. The first-order chi connectivity index (χ1) is 33.5. The molecule has 1 saturated heterocycles. The molecule has 5 aromatic rings. The van der Waals surface area contributed by atoms with Gasteiger partial charge in [-0.05, 0) is 104 Å². The second-order valence-electron chi connectivity index (χ2n) is 22.0. The van der Waals surface area contributed by atoms with Crippen molar-refractivity contribution in [1.29, 1.82) is 5.26 Å². The molecule has 2 aliphatic carbocycles. The number of nitrogens with zero attached hydrogens (tertiary/aromatic N) is 10. The number of halogens is 3. The molecule has 0 atom stereocenters. The molecular weight excluding hydrogens is 910 g/mol. The van der Waals surface area contributed by atoms with E-state index in [4.69, 9.17) is 26.4 Å². The van der Waals surface area contributed by atoms with Crippen LogP contribution in [0.5, 0.6) is 5.75 Å². The Bertz CT molecular complexity index is 2940. The van der Waals surface area contributed by atoms with Crippen molar-refractivity contribution in [2.24, 2.45) is 23.3 Å². The molecular formula is C54H61ClF2N10O3. The maximum absolute atomic E-state index is 14.8. The summed E-state index contributed by atoms with van der Waals surface area (Å²) in [6, 6.07) is 15.0. The summed E-state index contributed by atoms with van der Waals surface area (Å²) in [5.74, 6) is 2.35. The molecule has 0 N–H and O–H groups in total. The molecule has 0 unspecified atom stereocenters. The van der Waals surface area contributed by atoms with Crippen molar-refractivity contribution in [3.05, 3.63) is 99.1 Å². The number of carbonyl (C=O) groups excluding carboxylic acids is 2. The molecule has 2 saturated carbocycles. The Balaban J connectivity index is 0.771. The van der Waals surface area contributed by atoms with Crippen LogP contribution in [0.3, 0.4) is 0 Å². The van der Waals surface area contributed by atoms with Crippen LogP contribution in [0.25, 0.3) is 11.1 Å². The van der Waals surface area contributed by atoms with Crippen LogP contribution in [0.15, 0.2) is 54.9 Å². The fraction of sp³-hybridized carbons (Fsp3) is 0.519. The van der Waals surface area contributed by atoms with Crippen LogP contribution in [-0.4, -0.2) is 84.5 Å². The number of benzene rings is 2. The predicted octanol–water partition coefficient (Wildman–Crippen LogP) is 10.4. The zero-order valence-electron chi connectivity index (χ0n) is 40.9. The summed E-state index contributed by atoms with van der Waals surface area (Å²) in [4.78, 5) is 40.4. The van der Waals surface area contributed by atoms with Gasteiger partial charge >= 0.3 is 0 Å². The molecule has 366 valence electrons. The van der Waals surface area contributed by atoms with Gasteiger partial charge in [0, 0.05) is 104 Å². The lowest BCUT2D eigenvalue weighted by Crippen LogP contribution is -2.74. The van der Waals surface area contributed by atoms with Crippen LogP contribution in [0, 0.1) is 27.6 Å². The summed E-state index contributed by atoms with van der Waals surface area (Å²) in [6.45, 7) is 14.2. The van der Waals surface area contributed by atoms with E-state index in [9.17, 15) is 23.6 Å². The maximum Gasteiger partial charge on any atom is 0.264 e. The normalized spacial score (nSPS) is 22.4. The Morgan fingerprint density at radius 1 is 0.943 bits per heavy atom. The molecule has 7 heterocycles. The number of nitriles is 1. The van der Waals surface area contributed by atoms with E-state index < -0.39 is 6.43 Å². The quantitative estimate of drug-likeness (QED) is 0.149. The van der Waals surface area contributed by atoms with Gasteiger partial charge in [-0.15, -0.1) is 0 Å². The first-order valence-corrected chi connectivity index (χ1v) is 25.3. The molecule has 0 radical (unpaired) electrons. The second kappa shape index (κ2) is 17.1. The Morgan fingerprint density at radius 3 is 2.37 bits per heavy atom. The second-order valence-corrected chi connectivity index (χ2v) is 22.4. The van der Waals surface area contributed by atoms with Gasteiger partial charge in [-0.3, -0.25) is 19.0 Å². The lowest BCUT2D eigenvalue weighted by atomic mass is 9.49. The van der Waals surface area contributed by atoms with Gasteiger partial charge in [0.25, 0.3) is 12.3 Å². The van der Waals surface area contributed by atoms with E-state index in [0.29, 0.717) is 65.6 Å². The minimum absolute atomic E-state index is 0.00757. The number of carbonyl (C=O) groups is 2. The van der Waals surface area contributed by atoms with E-state index in [-0.39, 0.29) is 51.8 Å². The topological polar surface area (TPSA) is 129 Å². The van der Waals surface area contributed by atoms with Crippen molar-refractivity contribution in [2.75, 3.05) is 36.0 Å². The number of aromatic nitrogens is 5. The van der Waals surface area contributed by atoms with Crippen LogP contribution in [0.1, 0.15) is 136 Å². The number of piperidine rings is 1. The van der Waals surface area contributed by atoms with Crippen LogP contribution >= 0.6 is 11.6 Å². The standard InChI is InChI=1S/C54H61ClF2N10O3/c1-32(68)64-21-15-44-41(30-64)48(65-20-7-8-33-24-39(35-28-59-62(6)29-35)40(47(56)57)26-45(33)65)61-67(44)36-13-16-54(17-14-36)18-22-63(23-19-54)46-12-11-38-43(60-46)31-66(49(38)69)50-52(2,3)51(53(50,4)5)70-37-10-9-34(27-58)42(55)25-37/h9-12,24-26,28-29,36,47,50-51H,7-8,13-23,30-31H2,1-6H3. The number of fused-ring (bicyclic) bond motifs is 3. The average molecular weight is 972 g/mol. The highest BCUT2D eigenvalue weighted by Crippen LogP contribution is 2.59. The van der Waals surface area contributed by atoms with Crippen molar-refractivity contribution in [3.63, 3.8) is 0 Å². The number of amides is 2. The number of ether oxygens (including phenoxy) is 1. The molecule has 0 bridgehead atoms. The molecule has 3 fully saturated rings. The van der Waals surface area contributed by atoms with E-state index in [1.807, 2.05) is 28.0 Å². The number of anilines is 3. The fourth-order valence-corrected chi connectivity index (χ4v) is 14.0. The molecule has 4 aliphatic heterocycles. The zero-order chi connectivity index (χ0) is 49.0. The molecule has 16 heteroatoms. The summed E-state index contributed by atoms with van der Waals surface area (Å²) in [6.07, 6.45) is 9.23. The number of rotatable bonds is 8. The number of aryl methyl sites for hydroxylation is 2. The van der Waals surface area contributed by atoms with Gasteiger partial charge in [0.1, 0.15) is 23.7 Å². The monoisotopic (exact) mass is 970 g/mol. The van der Waals surface area contributed by atoms with Gasteiger partial charge < -0.3 is 24.3 Å². The fourth-order valence-electron chi connectivity index (χ4n) is 13.8. The van der Waals surface area contributed by atoms with Gasteiger partial charge in [0.15, 0.2) is 5.82 Å². The molecule has 3 aromatic heterocycles. The maximum atomic E-state index is 14.8. The number of pyridine rings is 1. The highest BCUT2D eigenvalue weighted by atomic mass is 35.5. The van der Waals surface area contributed by atoms with Gasteiger partial charge in [-0.25, -0.2) is 13.8 Å².